The molecule has 2 fully saturated rings. The van der Waals surface area contributed by atoms with Crippen LogP contribution in [0.5, 0.6) is 0 Å². The first-order valence-electron chi connectivity index (χ1n) is 4.33. The van der Waals surface area contributed by atoms with E-state index in [4.69, 9.17) is 0 Å². The zero-order chi connectivity index (χ0) is 6.97. The van der Waals surface area contributed by atoms with E-state index in [-0.39, 0.29) is 0 Å². The summed E-state index contributed by atoms with van der Waals surface area (Å²) in [5.74, 6) is 0.927. The molecule has 2 aliphatic heterocycles. The van der Waals surface area contributed by atoms with Gasteiger partial charge in [0.05, 0.1) is 0 Å². The normalized spacial score (nSPS) is 47.1. The van der Waals surface area contributed by atoms with Crippen molar-refractivity contribution >= 4 is 0 Å². The minimum atomic E-state index is 0.751. The van der Waals surface area contributed by atoms with Crippen molar-refractivity contribution in [2.75, 3.05) is 13.1 Å². The Balaban J connectivity index is 1.96. The molecule has 0 bridgehead atoms. The standard InChI is InChI=1S/C8H16N2/c1-6-2-3-7-4-9-5-8(7)10-6/h6-10H,2-5H2,1H3. The molecule has 2 heterocycles. The van der Waals surface area contributed by atoms with Gasteiger partial charge in [0.25, 0.3) is 0 Å². The van der Waals surface area contributed by atoms with Crippen LogP contribution in [0.25, 0.3) is 0 Å². The van der Waals surface area contributed by atoms with Gasteiger partial charge in [-0.25, -0.2) is 0 Å². The predicted octanol–water partition coefficient (Wildman–Crippen LogP) is 0.346. The lowest BCUT2D eigenvalue weighted by molar-refractivity contribution is 0.286. The van der Waals surface area contributed by atoms with Crippen LogP contribution in [0, 0.1) is 5.92 Å². The molecule has 0 aromatic rings. The third-order valence-corrected chi connectivity index (χ3v) is 2.81. The van der Waals surface area contributed by atoms with Crippen molar-refractivity contribution in [3.8, 4) is 0 Å². The minimum absolute atomic E-state index is 0.751. The average Bonchev–Trinajstić information content (AvgIpc) is 2.33. The van der Waals surface area contributed by atoms with Crippen molar-refractivity contribution in [3.05, 3.63) is 0 Å². The van der Waals surface area contributed by atoms with E-state index in [2.05, 4.69) is 17.6 Å². The molecule has 0 aromatic carbocycles. The Morgan fingerprint density at radius 1 is 1.20 bits per heavy atom. The molecule has 2 nitrogen and oxygen atoms in total. The first-order chi connectivity index (χ1) is 4.86. The van der Waals surface area contributed by atoms with Crippen molar-refractivity contribution in [3.63, 3.8) is 0 Å². The van der Waals surface area contributed by atoms with Crippen molar-refractivity contribution in [2.45, 2.75) is 31.8 Å². The Kier molecular flexibility index (Phi) is 1.66. The maximum Gasteiger partial charge on any atom is 0.0235 e. The molecule has 2 aliphatic rings. The van der Waals surface area contributed by atoms with E-state index in [1.54, 1.807) is 0 Å². The van der Waals surface area contributed by atoms with E-state index in [1.807, 2.05) is 0 Å². The van der Waals surface area contributed by atoms with Crippen molar-refractivity contribution in [2.24, 2.45) is 5.92 Å². The van der Waals surface area contributed by atoms with Crippen LogP contribution in [0.1, 0.15) is 19.8 Å². The zero-order valence-corrected chi connectivity index (χ0v) is 6.56. The SMILES string of the molecule is CC1CCC2CNCC2N1. The molecular formula is C8H16N2. The Bertz CT molecular complexity index is 124. The summed E-state index contributed by atoms with van der Waals surface area (Å²) >= 11 is 0. The van der Waals surface area contributed by atoms with E-state index in [9.17, 15) is 0 Å². The topological polar surface area (TPSA) is 24.1 Å². The summed E-state index contributed by atoms with van der Waals surface area (Å²) in [4.78, 5) is 0. The molecule has 0 saturated carbocycles. The Labute approximate surface area is 62.4 Å². The van der Waals surface area contributed by atoms with Crippen molar-refractivity contribution in [1.29, 1.82) is 0 Å². The lowest BCUT2D eigenvalue weighted by atomic mass is 9.91. The number of rotatable bonds is 0. The number of fused-ring (bicyclic) bond motifs is 1. The van der Waals surface area contributed by atoms with Crippen LogP contribution in [0.15, 0.2) is 0 Å². The fourth-order valence-corrected chi connectivity index (χ4v) is 2.14. The quantitative estimate of drug-likeness (QED) is 0.507. The second-order valence-electron chi connectivity index (χ2n) is 3.67. The second kappa shape index (κ2) is 2.51. The van der Waals surface area contributed by atoms with E-state index < -0.39 is 0 Å². The van der Waals surface area contributed by atoms with Gasteiger partial charge in [0.1, 0.15) is 0 Å². The summed E-state index contributed by atoms with van der Waals surface area (Å²) in [6.45, 7) is 4.72. The van der Waals surface area contributed by atoms with E-state index in [0.717, 1.165) is 18.0 Å². The van der Waals surface area contributed by atoms with Crippen LogP contribution in [0.3, 0.4) is 0 Å². The second-order valence-corrected chi connectivity index (χ2v) is 3.67. The smallest absolute Gasteiger partial charge is 0.0235 e. The van der Waals surface area contributed by atoms with Crippen molar-refractivity contribution in [1.82, 2.24) is 10.6 Å². The maximum atomic E-state index is 3.62. The highest BCUT2D eigenvalue weighted by Gasteiger charge is 2.31. The highest BCUT2D eigenvalue weighted by Crippen LogP contribution is 2.21. The van der Waals surface area contributed by atoms with Crippen LogP contribution < -0.4 is 10.6 Å². The van der Waals surface area contributed by atoms with Gasteiger partial charge in [-0.2, -0.15) is 0 Å². The highest BCUT2D eigenvalue weighted by molar-refractivity contribution is 4.91. The van der Waals surface area contributed by atoms with Gasteiger partial charge in [0, 0.05) is 18.6 Å². The van der Waals surface area contributed by atoms with Gasteiger partial charge in [-0.05, 0) is 32.2 Å². The maximum absolute atomic E-state index is 3.62. The summed E-state index contributed by atoms with van der Waals surface area (Å²) in [7, 11) is 0. The van der Waals surface area contributed by atoms with Gasteiger partial charge < -0.3 is 10.6 Å². The van der Waals surface area contributed by atoms with Gasteiger partial charge in [-0.1, -0.05) is 0 Å². The number of piperidine rings is 1. The molecule has 2 heteroatoms. The number of hydrogen-bond acceptors (Lipinski definition) is 2. The van der Waals surface area contributed by atoms with Gasteiger partial charge in [-0.3, -0.25) is 0 Å². The Morgan fingerprint density at radius 3 is 3.00 bits per heavy atom. The zero-order valence-electron chi connectivity index (χ0n) is 6.56. The summed E-state index contributed by atoms with van der Waals surface area (Å²) in [6, 6.07) is 1.53. The third kappa shape index (κ3) is 1.06. The Hall–Kier alpha value is -0.0800. The molecule has 2 N–H and O–H groups in total. The van der Waals surface area contributed by atoms with Gasteiger partial charge >= 0.3 is 0 Å². The lowest BCUT2D eigenvalue weighted by Crippen LogP contribution is -2.45. The van der Waals surface area contributed by atoms with E-state index in [0.29, 0.717) is 0 Å². The minimum Gasteiger partial charge on any atom is -0.315 e. The van der Waals surface area contributed by atoms with Gasteiger partial charge in [0.15, 0.2) is 0 Å². The van der Waals surface area contributed by atoms with Gasteiger partial charge in [0.2, 0.25) is 0 Å². The summed E-state index contributed by atoms with van der Waals surface area (Å²) in [5.41, 5.74) is 0. The molecular weight excluding hydrogens is 124 g/mol. The van der Waals surface area contributed by atoms with E-state index >= 15 is 0 Å². The summed E-state index contributed by atoms with van der Waals surface area (Å²) < 4.78 is 0. The molecule has 2 saturated heterocycles. The first-order valence-corrected chi connectivity index (χ1v) is 4.33. The molecule has 0 amide bonds. The molecule has 3 unspecified atom stereocenters. The number of nitrogens with one attached hydrogen (secondary N) is 2. The van der Waals surface area contributed by atoms with Crippen LogP contribution in [-0.2, 0) is 0 Å². The molecule has 0 aromatic heterocycles. The summed E-state index contributed by atoms with van der Waals surface area (Å²) in [5, 5.41) is 7.04. The fourth-order valence-electron chi connectivity index (χ4n) is 2.14. The van der Waals surface area contributed by atoms with Crippen LogP contribution in [-0.4, -0.2) is 25.2 Å². The number of hydrogen-bond donors (Lipinski definition) is 2. The van der Waals surface area contributed by atoms with Gasteiger partial charge in [-0.15, -0.1) is 0 Å². The fraction of sp³-hybridized carbons (Fsp3) is 1.00. The monoisotopic (exact) mass is 140 g/mol. The molecule has 58 valence electrons. The largest absolute Gasteiger partial charge is 0.315 e. The molecule has 3 atom stereocenters. The van der Waals surface area contributed by atoms with Crippen LogP contribution >= 0.6 is 0 Å². The lowest BCUT2D eigenvalue weighted by Gasteiger charge is -2.30. The predicted molar refractivity (Wildman–Crippen MR) is 42.0 cm³/mol. The highest BCUT2D eigenvalue weighted by atomic mass is 15.1. The van der Waals surface area contributed by atoms with E-state index in [1.165, 1.54) is 25.9 Å². The van der Waals surface area contributed by atoms with Crippen LogP contribution in [0.4, 0.5) is 0 Å². The Morgan fingerprint density at radius 2 is 2.10 bits per heavy atom. The molecule has 10 heavy (non-hydrogen) atoms. The van der Waals surface area contributed by atoms with Crippen molar-refractivity contribution < 1.29 is 0 Å². The summed E-state index contributed by atoms with van der Waals surface area (Å²) in [6.07, 6.45) is 2.79. The molecule has 0 spiro atoms. The third-order valence-electron chi connectivity index (χ3n) is 2.81. The average molecular weight is 140 g/mol. The molecule has 0 aliphatic carbocycles. The first kappa shape index (κ1) is 6.62. The molecule has 2 rings (SSSR count). The van der Waals surface area contributed by atoms with Crippen LogP contribution in [0.2, 0.25) is 0 Å². The molecule has 0 radical (unpaired) electrons.